The predicted molar refractivity (Wildman–Crippen MR) is 129 cm³/mol. The Kier molecular flexibility index (Phi) is 5.76. The van der Waals surface area contributed by atoms with Gasteiger partial charge < -0.3 is 9.47 Å². The van der Waals surface area contributed by atoms with E-state index in [2.05, 4.69) is 41.3 Å². The van der Waals surface area contributed by atoms with Gasteiger partial charge in [0.05, 0.1) is 26.3 Å². The molecule has 1 amide bonds. The van der Waals surface area contributed by atoms with Gasteiger partial charge in [0.25, 0.3) is 5.91 Å². The highest BCUT2D eigenvalue weighted by Gasteiger charge is 2.39. The van der Waals surface area contributed by atoms with Crippen molar-refractivity contribution in [1.82, 2.24) is 14.8 Å². The highest BCUT2D eigenvalue weighted by molar-refractivity contribution is 6.06. The summed E-state index contributed by atoms with van der Waals surface area (Å²) < 4.78 is 12.6. The number of ether oxygens (including phenoxy) is 2. The van der Waals surface area contributed by atoms with E-state index in [0.717, 1.165) is 16.9 Å². The summed E-state index contributed by atoms with van der Waals surface area (Å²) in [6, 6.07) is 23.2. The Morgan fingerprint density at radius 3 is 2.26 bits per heavy atom. The van der Waals surface area contributed by atoms with Gasteiger partial charge in [-0.15, -0.1) is 0 Å². The number of fused-ring (bicyclic) bond motifs is 1. The van der Waals surface area contributed by atoms with Gasteiger partial charge in [-0.05, 0) is 54.8 Å². The van der Waals surface area contributed by atoms with Gasteiger partial charge in [-0.3, -0.25) is 9.69 Å². The van der Waals surface area contributed by atoms with Crippen LogP contribution >= 0.6 is 0 Å². The summed E-state index contributed by atoms with van der Waals surface area (Å²) in [5.74, 6) is 1.76. The van der Waals surface area contributed by atoms with Crippen molar-refractivity contribution in [3.8, 4) is 11.5 Å². The first-order valence-corrected chi connectivity index (χ1v) is 11.2. The van der Waals surface area contributed by atoms with Crippen molar-refractivity contribution < 1.29 is 14.3 Å². The monoisotopic (exact) mass is 454 g/mol. The third-order valence-corrected chi connectivity index (χ3v) is 6.32. The Morgan fingerprint density at radius 1 is 0.882 bits per heavy atom. The molecular weight excluding hydrogens is 428 g/mol. The normalized spacial score (nSPS) is 17.2. The fraction of sp³-hybridized carbons (Fsp3) is 0.222. The van der Waals surface area contributed by atoms with Crippen LogP contribution in [0, 0.1) is 6.92 Å². The minimum absolute atomic E-state index is 0.0560. The number of aryl methyl sites for hydroxylation is 1. The van der Waals surface area contributed by atoms with E-state index >= 15 is 0 Å². The molecule has 5 rings (SSSR count). The number of rotatable bonds is 5. The number of methoxy groups -OCH3 is 2. The third kappa shape index (κ3) is 3.90. The molecule has 3 aromatic carbocycles. The molecule has 0 bridgehead atoms. The second-order valence-corrected chi connectivity index (χ2v) is 8.36. The van der Waals surface area contributed by atoms with Gasteiger partial charge in [0, 0.05) is 5.56 Å². The number of hydrogen-bond acceptors (Lipinski definition) is 5. The van der Waals surface area contributed by atoms with Gasteiger partial charge in [-0.25, -0.2) is 4.68 Å². The van der Waals surface area contributed by atoms with Gasteiger partial charge >= 0.3 is 0 Å². The Bertz CT molecular complexity index is 1300. The zero-order chi connectivity index (χ0) is 23.7. The lowest BCUT2D eigenvalue weighted by Gasteiger charge is -2.39. The number of hydrogen-bond donors (Lipinski definition) is 0. The van der Waals surface area contributed by atoms with Gasteiger partial charge in [0.15, 0.2) is 0 Å². The van der Waals surface area contributed by atoms with Crippen LogP contribution < -0.4 is 14.4 Å². The van der Waals surface area contributed by atoms with Crippen molar-refractivity contribution in [2.75, 3.05) is 19.1 Å². The molecule has 1 aromatic heterocycles. The molecule has 0 saturated heterocycles. The highest BCUT2D eigenvalue weighted by atomic mass is 16.5. The van der Waals surface area contributed by atoms with Gasteiger partial charge in [0.2, 0.25) is 5.95 Å². The minimum Gasteiger partial charge on any atom is -0.497 e. The van der Waals surface area contributed by atoms with Crippen molar-refractivity contribution in [2.45, 2.75) is 25.4 Å². The maximum Gasteiger partial charge on any atom is 0.261 e. The molecule has 1 aliphatic heterocycles. The largest absolute Gasteiger partial charge is 0.497 e. The lowest BCUT2D eigenvalue weighted by atomic mass is 9.91. The van der Waals surface area contributed by atoms with Crippen LogP contribution in [-0.4, -0.2) is 34.9 Å². The van der Waals surface area contributed by atoms with E-state index < -0.39 is 0 Å². The quantitative estimate of drug-likeness (QED) is 0.425. The molecule has 7 nitrogen and oxygen atoms in total. The van der Waals surface area contributed by atoms with Crippen LogP contribution in [0.15, 0.2) is 79.1 Å². The molecule has 0 spiro atoms. The molecule has 2 heterocycles. The lowest BCUT2D eigenvalue weighted by molar-refractivity contribution is 0.0963. The summed E-state index contributed by atoms with van der Waals surface area (Å²) in [4.78, 5) is 20.2. The first-order chi connectivity index (χ1) is 16.6. The summed E-state index contributed by atoms with van der Waals surface area (Å²) in [7, 11) is 3.23. The van der Waals surface area contributed by atoms with E-state index in [1.54, 1.807) is 31.3 Å². The van der Waals surface area contributed by atoms with Gasteiger partial charge in [0.1, 0.15) is 17.8 Å². The molecule has 4 aromatic rings. The Morgan fingerprint density at radius 2 is 1.56 bits per heavy atom. The lowest BCUT2D eigenvalue weighted by Crippen LogP contribution is -2.42. The number of carbonyl (C=O) groups is 1. The molecule has 0 radical (unpaired) electrons. The Labute approximate surface area is 198 Å². The van der Waals surface area contributed by atoms with Gasteiger partial charge in [-0.1, -0.05) is 48.0 Å². The van der Waals surface area contributed by atoms with E-state index in [4.69, 9.17) is 9.47 Å². The maximum absolute atomic E-state index is 13.9. The maximum atomic E-state index is 13.9. The molecule has 0 saturated carbocycles. The number of amides is 1. The zero-order valence-corrected chi connectivity index (χ0v) is 19.4. The molecule has 0 aliphatic carbocycles. The Balaban J connectivity index is 1.63. The van der Waals surface area contributed by atoms with Crippen molar-refractivity contribution in [1.29, 1.82) is 0 Å². The second kappa shape index (κ2) is 9.02. The zero-order valence-electron chi connectivity index (χ0n) is 19.4. The van der Waals surface area contributed by atoms with E-state index in [0.29, 0.717) is 23.7 Å². The number of nitrogens with zero attached hydrogens (tertiary/aromatic N) is 4. The molecule has 1 aliphatic rings. The number of benzene rings is 3. The van der Waals surface area contributed by atoms with E-state index in [1.807, 2.05) is 41.1 Å². The van der Waals surface area contributed by atoms with E-state index in [-0.39, 0.29) is 18.0 Å². The van der Waals surface area contributed by atoms with Crippen LogP contribution in [0.25, 0.3) is 0 Å². The van der Waals surface area contributed by atoms with Crippen molar-refractivity contribution in [3.63, 3.8) is 0 Å². The summed E-state index contributed by atoms with van der Waals surface area (Å²) in [6.45, 7) is 2.07. The molecule has 0 N–H and O–H groups in total. The number of carbonyl (C=O) groups excluding carboxylic acids is 1. The Hall–Kier alpha value is -4.13. The highest BCUT2D eigenvalue weighted by Crippen LogP contribution is 2.42. The van der Waals surface area contributed by atoms with Crippen molar-refractivity contribution in [3.05, 3.63) is 101 Å². The average Bonchev–Trinajstić information content (AvgIpc) is 3.38. The van der Waals surface area contributed by atoms with E-state index in [1.165, 1.54) is 11.9 Å². The van der Waals surface area contributed by atoms with Crippen LogP contribution in [0.2, 0.25) is 0 Å². The second-order valence-electron chi connectivity index (χ2n) is 8.36. The first-order valence-electron chi connectivity index (χ1n) is 11.2. The fourth-order valence-electron chi connectivity index (χ4n) is 4.50. The predicted octanol–water partition coefficient (Wildman–Crippen LogP) is 4.98. The van der Waals surface area contributed by atoms with Gasteiger partial charge in [-0.2, -0.15) is 10.1 Å². The SMILES string of the molecule is COc1ccc([C@@H]2C[C@@H](c3ccc(C)cc3)n3ncnc3N2C(=O)c2cccc(OC)c2)cc1. The standard InChI is InChI=1S/C27H26N4O3/c1-18-7-9-20(10-8-18)25-16-24(19-11-13-22(33-2)14-12-19)30(27-28-17-29-31(25)27)26(32)21-5-4-6-23(15-21)34-3/h4-15,17,24-25H,16H2,1-3H3/t24-,25-/m0/s1. The summed E-state index contributed by atoms with van der Waals surface area (Å²) in [5.41, 5.74) is 3.86. The first kappa shape index (κ1) is 21.7. The summed E-state index contributed by atoms with van der Waals surface area (Å²) in [6.07, 6.45) is 2.17. The van der Waals surface area contributed by atoms with E-state index in [9.17, 15) is 4.79 Å². The molecular formula is C27H26N4O3. The van der Waals surface area contributed by atoms with Crippen LogP contribution in [0.1, 0.15) is 45.6 Å². The molecule has 172 valence electrons. The number of aromatic nitrogens is 3. The van der Waals surface area contributed by atoms with Crippen LogP contribution in [0.4, 0.5) is 5.95 Å². The summed E-state index contributed by atoms with van der Waals surface area (Å²) in [5, 5.41) is 4.52. The summed E-state index contributed by atoms with van der Waals surface area (Å²) >= 11 is 0. The van der Waals surface area contributed by atoms with Crippen molar-refractivity contribution >= 4 is 11.9 Å². The molecule has 2 atom stereocenters. The van der Waals surface area contributed by atoms with Crippen LogP contribution in [0.3, 0.4) is 0 Å². The van der Waals surface area contributed by atoms with Crippen LogP contribution in [-0.2, 0) is 0 Å². The molecule has 0 unspecified atom stereocenters. The fourth-order valence-corrected chi connectivity index (χ4v) is 4.50. The number of anilines is 1. The minimum atomic E-state index is -0.243. The van der Waals surface area contributed by atoms with Crippen LogP contribution in [0.5, 0.6) is 11.5 Å². The van der Waals surface area contributed by atoms with Crippen molar-refractivity contribution in [2.24, 2.45) is 0 Å². The molecule has 0 fully saturated rings. The third-order valence-electron chi connectivity index (χ3n) is 6.32. The molecule has 34 heavy (non-hydrogen) atoms. The molecule has 7 heteroatoms. The topological polar surface area (TPSA) is 69.5 Å². The average molecular weight is 455 g/mol. The smallest absolute Gasteiger partial charge is 0.261 e.